The molecule has 106 valence electrons. The van der Waals surface area contributed by atoms with Gasteiger partial charge in [-0.1, -0.05) is 11.6 Å². The fraction of sp³-hybridized carbons (Fsp3) is 0.583. The van der Waals surface area contributed by atoms with Crippen molar-refractivity contribution in [3.05, 3.63) is 22.8 Å². The van der Waals surface area contributed by atoms with Crippen molar-refractivity contribution in [3.8, 4) is 0 Å². The third kappa shape index (κ3) is 3.30. The minimum Gasteiger partial charge on any atom is -0.353 e. The number of hydrogen-bond donors (Lipinski definition) is 1. The van der Waals surface area contributed by atoms with Crippen molar-refractivity contribution in [1.29, 1.82) is 0 Å². The molecule has 1 aromatic rings. The molecule has 2 heterocycles. The first-order valence-electron chi connectivity index (χ1n) is 6.01. The first-order chi connectivity index (χ1) is 8.77. The number of anilines is 1. The second kappa shape index (κ2) is 5.17. The molecule has 0 saturated carbocycles. The molecule has 2 unspecified atom stereocenters. The van der Waals surface area contributed by atoms with Gasteiger partial charge < -0.3 is 10.2 Å². The fourth-order valence-corrected chi connectivity index (χ4v) is 2.57. The number of hydrogen-bond acceptors (Lipinski definition) is 3. The summed E-state index contributed by atoms with van der Waals surface area (Å²) in [6.45, 7) is 5.43. The zero-order valence-electron chi connectivity index (χ0n) is 10.6. The van der Waals surface area contributed by atoms with E-state index in [2.05, 4.69) is 10.3 Å². The molecule has 19 heavy (non-hydrogen) atoms. The van der Waals surface area contributed by atoms with Gasteiger partial charge in [-0.2, -0.15) is 13.2 Å². The minimum absolute atomic E-state index is 0.256. The molecule has 0 aromatic carbocycles. The number of halogens is 4. The van der Waals surface area contributed by atoms with Gasteiger partial charge in [-0.25, -0.2) is 4.98 Å². The Hall–Kier alpha value is -1.01. The first kappa shape index (κ1) is 14.4. The highest BCUT2D eigenvalue weighted by Crippen LogP contribution is 2.35. The van der Waals surface area contributed by atoms with Crippen LogP contribution in [0.2, 0.25) is 5.02 Å². The van der Waals surface area contributed by atoms with Gasteiger partial charge >= 0.3 is 6.18 Å². The maximum Gasteiger partial charge on any atom is 0.419 e. The van der Waals surface area contributed by atoms with E-state index >= 15 is 0 Å². The third-order valence-electron chi connectivity index (χ3n) is 3.03. The van der Waals surface area contributed by atoms with E-state index in [0.717, 1.165) is 6.20 Å². The molecular weight excluding hydrogens is 279 g/mol. The monoisotopic (exact) mass is 293 g/mol. The Morgan fingerprint density at radius 2 is 1.89 bits per heavy atom. The number of piperazine rings is 1. The average Bonchev–Trinajstić information content (AvgIpc) is 2.25. The van der Waals surface area contributed by atoms with Crippen molar-refractivity contribution < 1.29 is 13.2 Å². The molecule has 3 nitrogen and oxygen atoms in total. The Kier molecular flexibility index (Phi) is 3.92. The average molecular weight is 294 g/mol. The second-order valence-corrected chi connectivity index (χ2v) is 5.30. The van der Waals surface area contributed by atoms with E-state index in [4.69, 9.17) is 11.6 Å². The fourth-order valence-electron chi connectivity index (χ4n) is 2.32. The first-order valence-corrected chi connectivity index (χ1v) is 6.39. The number of alkyl halides is 3. The number of nitrogens with one attached hydrogen (secondary N) is 1. The molecule has 0 bridgehead atoms. The number of nitrogens with zero attached hydrogens (tertiary/aromatic N) is 2. The van der Waals surface area contributed by atoms with Gasteiger partial charge in [0.15, 0.2) is 0 Å². The molecule has 1 N–H and O–H groups in total. The predicted molar refractivity (Wildman–Crippen MR) is 68.5 cm³/mol. The zero-order chi connectivity index (χ0) is 14.2. The normalized spacial score (nSPS) is 24.6. The molecule has 7 heteroatoms. The molecule has 0 aliphatic carbocycles. The predicted octanol–water partition coefficient (Wildman–Crippen LogP) is 2.94. The topological polar surface area (TPSA) is 28.2 Å². The molecule has 0 radical (unpaired) electrons. The molecular formula is C12H15ClF3N3. The Labute approximate surface area is 114 Å². The molecule has 0 amide bonds. The van der Waals surface area contributed by atoms with Gasteiger partial charge in [-0.05, 0) is 19.9 Å². The maximum absolute atomic E-state index is 12.6. The molecule has 2 rings (SSSR count). The van der Waals surface area contributed by atoms with Crippen LogP contribution in [0.5, 0.6) is 0 Å². The Bertz CT molecular complexity index is 454. The van der Waals surface area contributed by atoms with Crippen molar-refractivity contribution in [1.82, 2.24) is 10.3 Å². The standard InChI is InChI=1S/C12H15ClF3N3/c1-7-5-19(6-8(2)18-7)11-3-10(13)9(4-17-11)12(14,15)16/h3-4,7-8,18H,5-6H2,1-2H3. The highest BCUT2D eigenvalue weighted by molar-refractivity contribution is 6.31. The summed E-state index contributed by atoms with van der Waals surface area (Å²) in [6, 6.07) is 1.80. The van der Waals surface area contributed by atoms with E-state index in [0.29, 0.717) is 18.9 Å². The molecule has 1 fully saturated rings. The molecule has 0 spiro atoms. The second-order valence-electron chi connectivity index (χ2n) is 4.89. The van der Waals surface area contributed by atoms with Crippen LogP contribution < -0.4 is 10.2 Å². The summed E-state index contributed by atoms with van der Waals surface area (Å²) < 4.78 is 37.8. The van der Waals surface area contributed by atoms with Crippen LogP contribution in [0.3, 0.4) is 0 Å². The van der Waals surface area contributed by atoms with Crippen LogP contribution in [-0.4, -0.2) is 30.2 Å². The van der Waals surface area contributed by atoms with Crippen molar-refractivity contribution in [2.45, 2.75) is 32.1 Å². The summed E-state index contributed by atoms with van der Waals surface area (Å²) >= 11 is 5.70. The Morgan fingerprint density at radius 1 is 1.32 bits per heavy atom. The van der Waals surface area contributed by atoms with E-state index in [1.807, 2.05) is 18.7 Å². The smallest absolute Gasteiger partial charge is 0.353 e. The number of aromatic nitrogens is 1. The summed E-state index contributed by atoms with van der Waals surface area (Å²) in [5.74, 6) is 0.484. The number of pyridine rings is 1. The maximum atomic E-state index is 12.6. The minimum atomic E-state index is -4.47. The lowest BCUT2D eigenvalue weighted by Gasteiger charge is -2.37. The van der Waals surface area contributed by atoms with Gasteiger partial charge in [-0.3, -0.25) is 0 Å². The van der Waals surface area contributed by atoms with Gasteiger partial charge in [0.1, 0.15) is 5.82 Å². The van der Waals surface area contributed by atoms with Crippen LogP contribution in [0.25, 0.3) is 0 Å². The van der Waals surface area contributed by atoms with E-state index in [1.54, 1.807) is 0 Å². The molecule has 1 aromatic heterocycles. The van der Waals surface area contributed by atoms with Crippen LogP contribution >= 0.6 is 11.6 Å². The summed E-state index contributed by atoms with van der Waals surface area (Å²) in [7, 11) is 0. The molecule has 2 atom stereocenters. The molecule has 1 aliphatic rings. The zero-order valence-corrected chi connectivity index (χ0v) is 11.4. The van der Waals surface area contributed by atoms with Crippen LogP contribution in [-0.2, 0) is 6.18 Å². The van der Waals surface area contributed by atoms with Crippen molar-refractivity contribution in [2.24, 2.45) is 0 Å². The lowest BCUT2D eigenvalue weighted by atomic mass is 10.1. The Morgan fingerprint density at radius 3 is 2.37 bits per heavy atom. The summed E-state index contributed by atoms with van der Waals surface area (Å²) in [5, 5.41) is 3.04. The summed E-state index contributed by atoms with van der Waals surface area (Å²) in [5.41, 5.74) is -0.894. The largest absolute Gasteiger partial charge is 0.419 e. The van der Waals surface area contributed by atoms with Crippen molar-refractivity contribution in [2.75, 3.05) is 18.0 Å². The van der Waals surface area contributed by atoms with Crippen LogP contribution in [0.4, 0.5) is 19.0 Å². The third-order valence-corrected chi connectivity index (χ3v) is 3.34. The Balaban J connectivity index is 2.25. The highest BCUT2D eigenvalue weighted by Gasteiger charge is 2.34. The highest BCUT2D eigenvalue weighted by atomic mass is 35.5. The summed E-state index contributed by atoms with van der Waals surface area (Å²) in [4.78, 5) is 5.83. The van der Waals surface area contributed by atoms with Crippen molar-refractivity contribution in [3.63, 3.8) is 0 Å². The number of rotatable bonds is 1. The lowest BCUT2D eigenvalue weighted by molar-refractivity contribution is -0.137. The van der Waals surface area contributed by atoms with E-state index in [9.17, 15) is 13.2 Å². The van der Waals surface area contributed by atoms with Gasteiger partial charge in [-0.15, -0.1) is 0 Å². The van der Waals surface area contributed by atoms with Gasteiger partial charge in [0.05, 0.1) is 10.6 Å². The van der Waals surface area contributed by atoms with Crippen LogP contribution in [0.1, 0.15) is 19.4 Å². The van der Waals surface area contributed by atoms with Crippen LogP contribution in [0.15, 0.2) is 12.3 Å². The molecule has 1 saturated heterocycles. The van der Waals surface area contributed by atoms with E-state index in [1.165, 1.54) is 6.07 Å². The van der Waals surface area contributed by atoms with Gasteiger partial charge in [0.2, 0.25) is 0 Å². The van der Waals surface area contributed by atoms with E-state index in [-0.39, 0.29) is 17.1 Å². The lowest BCUT2D eigenvalue weighted by Crippen LogP contribution is -2.54. The van der Waals surface area contributed by atoms with Crippen LogP contribution in [0, 0.1) is 0 Å². The summed E-state index contributed by atoms with van der Waals surface area (Å²) in [6.07, 6.45) is -3.66. The van der Waals surface area contributed by atoms with Gasteiger partial charge in [0.25, 0.3) is 0 Å². The molecule has 1 aliphatic heterocycles. The van der Waals surface area contributed by atoms with E-state index < -0.39 is 11.7 Å². The van der Waals surface area contributed by atoms with Gasteiger partial charge in [0, 0.05) is 31.4 Å². The SMILES string of the molecule is CC1CN(c2cc(Cl)c(C(F)(F)F)cn2)CC(C)N1. The quantitative estimate of drug-likeness (QED) is 0.863. The van der Waals surface area contributed by atoms with Crippen molar-refractivity contribution >= 4 is 17.4 Å².